The summed E-state index contributed by atoms with van der Waals surface area (Å²) in [5.74, 6) is -0.0536. The van der Waals surface area contributed by atoms with Crippen LogP contribution < -0.4 is 14.8 Å². The number of benzene rings is 2. The van der Waals surface area contributed by atoms with Gasteiger partial charge in [0.15, 0.2) is 0 Å². The van der Waals surface area contributed by atoms with Gasteiger partial charge in [-0.2, -0.15) is 9.57 Å². The monoisotopic (exact) mass is 469 g/mol. The van der Waals surface area contributed by atoms with E-state index in [9.17, 15) is 18.5 Å². The van der Waals surface area contributed by atoms with E-state index >= 15 is 0 Å². The van der Waals surface area contributed by atoms with Crippen molar-refractivity contribution in [2.24, 2.45) is 5.92 Å². The molecular weight excluding hydrogens is 442 g/mol. The standard InChI is InChI=1S/C24H27N3O5S/c1-31-20-9-10-21(32-2)22(14-20)33(29,30)27-13-3-4-17(15-27)23(28)26-19-7-5-18(6-8-19)24(16-25)11-12-24/h5-10,14,17H,3-4,11-13,15H2,1-2H3,(H,26,28)/t17-/m1/s1. The average Bonchev–Trinajstić information content (AvgIpc) is 3.65. The van der Waals surface area contributed by atoms with Crippen molar-refractivity contribution in [3.05, 3.63) is 48.0 Å². The van der Waals surface area contributed by atoms with Gasteiger partial charge >= 0.3 is 0 Å². The molecule has 174 valence electrons. The molecule has 8 nitrogen and oxygen atoms in total. The van der Waals surface area contributed by atoms with Crippen molar-refractivity contribution in [3.63, 3.8) is 0 Å². The number of piperidine rings is 1. The minimum absolute atomic E-state index is 0.0208. The molecule has 1 N–H and O–H groups in total. The lowest BCUT2D eigenvalue weighted by Crippen LogP contribution is -2.43. The summed E-state index contributed by atoms with van der Waals surface area (Å²) in [4.78, 5) is 12.9. The Morgan fingerprint density at radius 3 is 2.48 bits per heavy atom. The van der Waals surface area contributed by atoms with Gasteiger partial charge in [0.1, 0.15) is 16.4 Å². The van der Waals surface area contributed by atoms with Gasteiger partial charge in [0.25, 0.3) is 0 Å². The zero-order valence-corrected chi connectivity index (χ0v) is 19.5. The molecule has 1 aliphatic carbocycles. The second-order valence-corrected chi connectivity index (χ2v) is 10.4. The third-order valence-electron chi connectivity index (χ3n) is 6.41. The number of hydrogen-bond acceptors (Lipinski definition) is 6. The fourth-order valence-corrected chi connectivity index (χ4v) is 5.90. The second kappa shape index (κ2) is 9.04. The Labute approximate surface area is 194 Å². The van der Waals surface area contributed by atoms with E-state index in [0.717, 1.165) is 18.4 Å². The number of nitrogens with one attached hydrogen (secondary N) is 1. The lowest BCUT2D eigenvalue weighted by Gasteiger charge is -2.31. The number of methoxy groups -OCH3 is 2. The van der Waals surface area contributed by atoms with Gasteiger partial charge in [0.2, 0.25) is 15.9 Å². The molecule has 9 heteroatoms. The summed E-state index contributed by atoms with van der Waals surface area (Å²) in [7, 11) is -0.991. The lowest BCUT2D eigenvalue weighted by molar-refractivity contribution is -0.120. The fourth-order valence-electron chi connectivity index (χ4n) is 4.21. The maximum atomic E-state index is 13.4. The van der Waals surface area contributed by atoms with Crippen molar-refractivity contribution in [3.8, 4) is 17.6 Å². The van der Waals surface area contributed by atoms with Crippen LogP contribution in [0.25, 0.3) is 0 Å². The Morgan fingerprint density at radius 2 is 1.88 bits per heavy atom. The molecule has 2 aliphatic rings. The highest BCUT2D eigenvalue weighted by atomic mass is 32.2. The number of carbonyl (C=O) groups excluding carboxylic acids is 1. The zero-order chi connectivity index (χ0) is 23.6. The molecule has 1 saturated carbocycles. The molecule has 33 heavy (non-hydrogen) atoms. The predicted octanol–water partition coefficient (Wildman–Crippen LogP) is 3.30. The summed E-state index contributed by atoms with van der Waals surface area (Å²) in [6.45, 7) is 0.418. The molecule has 1 atom stereocenters. The third kappa shape index (κ3) is 4.54. The summed E-state index contributed by atoms with van der Waals surface area (Å²) in [5, 5.41) is 12.2. The number of nitriles is 1. The molecule has 0 unspecified atom stereocenters. The minimum Gasteiger partial charge on any atom is -0.497 e. The molecule has 2 fully saturated rings. The van der Waals surface area contributed by atoms with Crippen LogP contribution in [0, 0.1) is 17.2 Å². The van der Waals surface area contributed by atoms with Crippen molar-refractivity contribution in [2.45, 2.75) is 36.0 Å². The third-order valence-corrected chi connectivity index (χ3v) is 8.30. The van der Waals surface area contributed by atoms with Crippen molar-refractivity contribution in [2.75, 3.05) is 32.6 Å². The van der Waals surface area contributed by atoms with E-state index in [-0.39, 0.29) is 28.5 Å². The Balaban J connectivity index is 1.47. The average molecular weight is 470 g/mol. The van der Waals surface area contributed by atoms with Crippen molar-refractivity contribution in [1.82, 2.24) is 4.31 Å². The van der Waals surface area contributed by atoms with Crippen LogP contribution in [-0.2, 0) is 20.2 Å². The summed E-state index contributed by atoms with van der Waals surface area (Å²) >= 11 is 0. The highest BCUT2D eigenvalue weighted by molar-refractivity contribution is 7.89. The van der Waals surface area contributed by atoms with Gasteiger partial charge in [0, 0.05) is 24.8 Å². The van der Waals surface area contributed by atoms with Gasteiger partial charge < -0.3 is 14.8 Å². The van der Waals surface area contributed by atoms with Crippen molar-refractivity contribution >= 4 is 21.6 Å². The highest BCUT2D eigenvalue weighted by Gasteiger charge is 2.44. The van der Waals surface area contributed by atoms with E-state index in [0.29, 0.717) is 30.8 Å². The molecule has 0 bridgehead atoms. The number of rotatable bonds is 7. The van der Waals surface area contributed by atoms with Gasteiger partial charge in [-0.3, -0.25) is 4.79 Å². The molecule has 2 aromatic carbocycles. The predicted molar refractivity (Wildman–Crippen MR) is 123 cm³/mol. The van der Waals surface area contributed by atoms with Crippen LogP contribution in [0.1, 0.15) is 31.2 Å². The number of ether oxygens (including phenoxy) is 2. The molecule has 1 aliphatic heterocycles. The van der Waals surface area contributed by atoms with Gasteiger partial charge in [-0.25, -0.2) is 8.42 Å². The first-order valence-electron chi connectivity index (χ1n) is 10.9. The summed E-state index contributed by atoms with van der Waals surface area (Å²) < 4.78 is 38.5. The fraction of sp³-hybridized carbons (Fsp3) is 0.417. The Hall–Kier alpha value is -3.09. The van der Waals surface area contributed by atoms with E-state index in [4.69, 9.17) is 9.47 Å². The lowest BCUT2D eigenvalue weighted by atomic mass is 9.97. The normalized spacial score (nSPS) is 19.8. The maximum absolute atomic E-state index is 13.4. The highest BCUT2D eigenvalue weighted by Crippen LogP contribution is 2.47. The number of sulfonamides is 1. The van der Waals surface area contributed by atoms with E-state index in [2.05, 4.69) is 11.4 Å². The van der Waals surface area contributed by atoms with Gasteiger partial charge in [-0.1, -0.05) is 12.1 Å². The maximum Gasteiger partial charge on any atom is 0.246 e. The Kier molecular flexibility index (Phi) is 6.32. The van der Waals surface area contributed by atoms with Gasteiger partial charge in [-0.05, 0) is 55.5 Å². The van der Waals surface area contributed by atoms with Gasteiger partial charge in [0.05, 0.1) is 31.6 Å². The van der Waals surface area contributed by atoms with E-state index < -0.39 is 15.9 Å². The van der Waals surface area contributed by atoms with Crippen LogP contribution in [0.5, 0.6) is 11.5 Å². The molecule has 0 aromatic heterocycles. The minimum atomic E-state index is -3.88. The first-order chi connectivity index (χ1) is 15.8. The number of nitrogens with zero attached hydrogens (tertiary/aromatic N) is 2. The molecule has 1 saturated heterocycles. The summed E-state index contributed by atoms with van der Waals surface area (Å²) in [6, 6.07) is 14.3. The molecule has 4 rings (SSSR count). The molecule has 1 amide bonds. The number of carbonyl (C=O) groups is 1. The molecule has 0 spiro atoms. The van der Waals surface area contributed by atoms with E-state index in [1.165, 1.54) is 24.6 Å². The second-order valence-electron chi connectivity index (χ2n) is 8.48. The smallest absolute Gasteiger partial charge is 0.246 e. The molecule has 0 radical (unpaired) electrons. The molecular formula is C24H27N3O5S. The van der Waals surface area contributed by atoms with Crippen LogP contribution >= 0.6 is 0 Å². The largest absolute Gasteiger partial charge is 0.497 e. The van der Waals surface area contributed by atoms with E-state index in [1.807, 2.05) is 12.1 Å². The number of hydrogen-bond donors (Lipinski definition) is 1. The Morgan fingerprint density at radius 1 is 1.15 bits per heavy atom. The van der Waals surface area contributed by atoms with Crippen LogP contribution in [0.15, 0.2) is 47.4 Å². The number of amides is 1. The zero-order valence-electron chi connectivity index (χ0n) is 18.7. The quantitative estimate of drug-likeness (QED) is 0.667. The Bertz CT molecular complexity index is 1180. The number of anilines is 1. The SMILES string of the molecule is COc1ccc(OC)c(S(=O)(=O)N2CCC[C@@H](C(=O)Nc3ccc(C4(C#N)CC4)cc3)C2)c1. The first-order valence-corrected chi connectivity index (χ1v) is 12.3. The molecule has 1 heterocycles. The summed E-state index contributed by atoms with van der Waals surface area (Å²) in [6.07, 6.45) is 2.90. The van der Waals surface area contributed by atoms with Gasteiger partial charge in [-0.15, -0.1) is 0 Å². The van der Waals surface area contributed by atoms with Crippen LogP contribution in [0.4, 0.5) is 5.69 Å². The van der Waals surface area contributed by atoms with Crippen LogP contribution in [0.2, 0.25) is 0 Å². The van der Waals surface area contributed by atoms with Crippen LogP contribution in [-0.4, -0.2) is 45.9 Å². The van der Waals surface area contributed by atoms with E-state index in [1.54, 1.807) is 24.3 Å². The first kappa shape index (κ1) is 23.1. The van der Waals surface area contributed by atoms with Crippen molar-refractivity contribution < 1.29 is 22.7 Å². The van der Waals surface area contributed by atoms with Crippen LogP contribution in [0.3, 0.4) is 0 Å². The summed E-state index contributed by atoms with van der Waals surface area (Å²) in [5.41, 5.74) is 1.22. The topological polar surface area (TPSA) is 109 Å². The van der Waals surface area contributed by atoms with Crippen molar-refractivity contribution in [1.29, 1.82) is 5.26 Å². The molecule has 2 aromatic rings.